The molecule has 37 heavy (non-hydrogen) atoms. The average Bonchev–Trinajstić information content (AvgIpc) is 2.95. The average molecular weight is 507 g/mol. The summed E-state index contributed by atoms with van der Waals surface area (Å²) in [6, 6.07) is 10.4. The third kappa shape index (κ3) is 5.15. The Kier molecular flexibility index (Phi) is 7.63. The van der Waals surface area contributed by atoms with E-state index >= 15 is 0 Å². The minimum Gasteiger partial charge on any atom is -0.493 e. The van der Waals surface area contributed by atoms with Gasteiger partial charge >= 0.3 is 0 Å². The summed E-state index contributed by atoms with van der Waals surface area (Å²) in [5, 5.41) is 4.35. The summed E-state index contributed by atoms with van der Waals surface area (Å²) in [6.45, 7) is 4.76. The minimum atomic E-state index is -0.140. The van der Waals surface area contributed by atoms with Gasteiger partial charge in [-0.25, -0.2) is 0 Å². The number of H-pyrrole nitrogens is 1. The van der Waals surface area contributed by atoms with Crippen LogP contribution in [-0.2, 0) is 6.54 Å². The number of fused-ring (bicyclic) bond motifs is 1. The van der Waals surface area contributed by atoms with Gasteiger partial charge in [-0.15, -0.1) is 0 Å². The Morgan fingerprint density at radius 2 is 1.49 bits per heavy atom. The molecule has 3 heterocycles. The van der Waals surface area contributed by atoms with Crippen LogP contribution in [0.25, 0.3) is 10.9 Å². The molecule has 0 amide bonds. The summed E-state index contributed by atoms with van der Waals surface area (Å²) in [6.07, 6.45) is 7.53. The zero-order chi connectivity index (χ0) is 25.8. The lowest BCUT2D eigenvalue weighted by Gasteiger charge is -2.34. The Morgan fingerprint density at radius 1 is 0.811 bits per heavy atom. The zero-order valence-electron chi connectivity index (χ0n) is 22.2. The van der Waals surface area contributed by atoms with E-state index in [2.05, 4.69) is 38.3 Å². The van der Waals surface area contributed by atoms with E-state index in [9.17, 15) is 4.79 Å². The molecule has 0 saturated carbocycles. The van der Waals surface area contributed by atoms with Gasteiger partial charge in [0.25, 0.3) is 5.56 Å². The van der Waals surface area contributed by atoms with Crippen molar-refractivity contribution in [3.8, 4) is 17.2 Å². The molecule has 5 rings (SSSR count). The Balaban J connectivity index is 1.47. The zero-order valence-corrected chi connectivity index (χ0v) is 22.2. The van der Waals surface area contributed by atoms with Crippen LogP contribution < -0.4 is 34.9 Å². The van der Waals surface area contributed by atoms with Gasteiger partial charge in [0.1, 0.15) is 0 Å². The second-order valence-corrected chi connectivity index (χ2v) is 9.88. The first-order valence-electron chi connectivity index (χ1n) is 13.4. The van der Waals surface area contributed by atoms with Gasteiger partial charge in [-0.05, 0) is 62.8 Å². The Labute approximate surface area is 218 Å². The first kappa shape index (κ1) is 25.1. The summed E-state index contributed by atoms with van der Waals surface area (Å²) < 4.78 is 16.6. The number of hydrogen-bond acceptors (Lipinski definition) is 7. The predicted octanol–water partition coefficient (Wildman–Crippen LogP) is 5.15. The fourth-order valence-electron chi connectivity index (χ4n) is 5.60. The maximum Gasteiger partial charge on any atom is 0.253 e. The van der Waals surface area contributed by atoms with Gasteiger partial charge in [0, 0.05) is 55.4 Å². The molecule has 8 nitrogen and oxygen atoms in total. The van der Waals surface area contributed by atoms with Crippen molar-refractivity contribution in [3.05, 3.63) is 46.2 Å². The molecule has 2 saturated heterocycles. The molecular weight excluding hydrogens is 468 g/mol. The van der Waals surface area contributed by atoms with Crippen LogP contribution in [0.5, 0.6) is 17.2 Å². The smallest absolute Gasteiger partial charge is 0.253 e. The highest BCUT2D eigenvalue weighted by Crippen LogP contribution is 2.42. The van der Waals surface area contributed by atoms with Crippen molar-refractivity contribution in [3.63, 3.8) is 0 Å². The second kappa shape index (κ2) is 11.2. The van der Waals surface area contributed by atoms with Gasteiger partial charge in [0.05, 0.1) is 38.2 Å². The quantitative estimate of drug-likeness (QED) is 0.438. The monoisotopic (exact) mass is 506 g/mol. The molecule has 198 valence electrons. The summed E-state index contributed by atoms with van der Waals surface area (Å²) >= 11 is 0. The molecular formula is C29H38N4O4. The topological polar surface area (TPSA) is 79.1 Å². The van der Waals surface area contributed by atoms with Crippen LogP contribution in [0.3, 0.4) is 0 Å². The van der Waals surface area contributed by atoms with Gasteiger partial charge in [-0.2, -0.15) is 0 Å². The Hall–Kier alpha value is -3.55. The predicted molar refractivity (Wildman–Crippen MR) is 150 cm³/mol. The summed E-state index contributed by atoms with van der Waals surface area (Å²) in [5.41, 5.74) is 4.70. The largest absolute Gasteiger partial charge is 0.493 e. The van der Waals surface area contributed by atoms with E-state index < -0.39 is 0 Å². The van der Waals surface area contributed by atoms with Crippen molar-refractivity contribution in [2.45, 2.75) is 45.1 Å². The van der Waals surface area contributed by atoms with Crippen molar-refractivity contribution in [2.75, 3.05) is 62.6 Å². The van der Waals surface area contributed by atoms with Crippen LogP contribution in [0.4, 0.5) is 17.1 Å². The molecule has 2 N–H and O–H groups in total. The molecule has 0 atom stereocenters. The normalized spacial score (nSPS) is 16.1. The SMILES string of the molecule is COc1cc2[nH]c(=O)c(CNc3ccc(N4CCCCC4)cc3N3CCCCC3)cc2c(OC)c1OC. The molecule has 0 bridgehead atoms. The van der Waals surface area contributed by atoms with Gasteiger partial charge in [-0.1, -0.05) is 0 Å². The molecule has 2 aliphatic heterocycles. The van der Waals surface area contributed by atoms with E-state index in [0.29, 0.717) is 34.9 Å². The van der Waals surface area contributed by atoms with E-state index in [1.807, 2.05) is 6.07 Å². The molecule has 1 aromatic heterocycles. The van der Waals surface area contributed by atoms with Crippen LogP contribution in [0.2, 0.25) is 0 Å². The molecule has 0 aliphatic carbocycles. The van der Waals surface area contributed by atoms with Crippen molar-refractivity contribution >= 4 is 28.0 Å². The van der Waals surface area contributed by atoms with Gasteiger partial charge in [0.2, 0.25) is 5.75 Å². The number of methoxy groups -OCH3 is 3. The standard InChI is InChI=1S/C29H38N4O4/c1-35-26-18-24-22(27(36-2)28(26)37-3)16-20(29(34)31-24)19-30-23-11-10-21(32-12-6-4-7-13-32)17-25(23)33-14-8-5-9-15-33/h10-11,16-18,30H,4-9,12-15,19H2,1-3H3,(H,31,34). The molecule has 8 heteroatoms. The third-order valence-corrected chi connectivity index (χ3v) is 7.60. The van der Waals surface area contributed by atoms with Crippen molar-refractivity contribution in [1.82, 2.24) is 4.98 Å². The lowest BCUT2D eigenvalue weighted by atomic mass is 10.1. The highest BCUT2D eigenvalue weighted by atomic mass is 16.5. The summed E-state index contributed by atoms with van der Waals surface area (Å²) in [5.74, 6) is 1.55. The lowest BCUT2D eigenvalue weighted by Crippen LogP contribution is -2.32. The molecule has 2 aromatic carbocycles. The number of nitrogens with zero attached hydrogens (tertiary/aromatic N) is 2. The molecule has 0 spiro atoms. The Morgan fingerprint density at radius 3 is 2.14 bits per heavy atom. The van der Waals surface area contributed by atoms with Gasteiger partial charge in [-0.3, -0.25) is 4.79 Å². The maximum atomic E-state index is 13.0. The molecule has 0 unspecified atom stereocenters. The van der Waals surface area contributed by atoms with Crippen LogP contribution in [0, 0.1) is 0 Å². The number of aromatic nitrogens is 1. The summed E-state index contributed by atoms with van der Waals surface area (Å²) in [4.78, 5) is 21.0. The first-order chi connectivity index (χ1) is 18.1. The van der Waals surface area contributed by atoms with E-state index in [-0.39, 0.29) is 5.56 Å². The van der Waals surface area contributed by atoms with Crippen molar-refractivity contribution in [2.24, 2.45) is 0 Å². The van der Waals surface area contributed by atoms with Gasteiger partial charge < -0.3 is 34.3 Å². The van der Waals surface area contributed by atoms with E-state index in [0.717, 1.165) is 37.3 Å². The number of ether oxygens (including phenoxy) is 3. The summed E-state index contributed by atoms with van der Waals surface area (Å²) in [7, 11) is 4.74. The van der Waals surface area contributed by atoms with Crippen molar-refractivity contribution in [1.29, 1.82) is 0 Å². The first-order valence-corrected chi connectivity index (χ1v) is 13.4. The lowest BCUT2D eigenvalue weighted by molar-refractivity contribution is 0.327. The van der Waals surface area contributed by atoms with Crippen LogP contribution in [0.1, 0.15) is 44.1 Å². The number of benzene rings is 2. The fourth-order valence-corrected chi connectivity index (χ4v) is 5.60. The molecule has 3 aromatic rings. The number of hydrogen-bond donors (Lipinski definition) is 2. The number of aromatic amines is 1. The van der Waals surface area contributed by atoms with Gasteiger partial charge in [0.15, 0.2) is 11.5 Å². The minimum absolute atomic E-state index is 0.140. The highest BCUT2D eigenvalue weighted by molar-refractivity contribution is 5.91. The van der Waals surface area contributed by atoms with Crippen LogP contribution >= 0.6 is 0 Å². The number of anilines is 3. The number of pyridine rings is 1. The van der Waals surface area contributed by atoms with E-state index in [4.69, 9.17) is 14.2 Å². The fraction of sp³-hybridized carbons (Fsp3) is 0.483. The molecule has 2 aliphatic rings. The van der Waals surface area contributed by atoms with Crippen LogP contribution in [0.15, 0.2) is 35.1 Å². The number of nitrogens with one attached hydrogen (secondary N) is 2. The van der Waals surface area contributed by atoms with E-state index in [1.165, 1.54) is 49.9 Å². The highest BCUT2D eigenvalue weighted by Gasteiger charge is 2.20. The molecule has 2 fully saturated rings. The van der Waals surface area contributed by atoms with E-state index in [1.54, 1.807) is 27.4 Å². The number of piperidine rings is 2. The Bertz CT molecular complexity index is 1290. The molecule has 0 radical (unpaired) electrons. The third-order valence-electron chi connectivity index (χ3n) is 7.60. The van der Waals surface area contributed by atoms with Crippen LogP contribution in [-0.4, -0.2) is 52.5 Å². The second-order valence-electron chi connectivity index (χ2n) is 9.88. The number of rotatable bonds is 8. The maximum absolute atomic E-state index is 13.0. The van der Waals surface area contributed by atoms with Crippen molar-refractivity contribution < 1.29 is 14.2 Å².